The Morgan fingerprint density at radius 2 is 1.80 bits per heavy atom. The Labute approximate surface area is 127 Å². The number of halogens is 1. The van der Waals surface area contributed by atoms with Gasteiger partial charge in [0.25, 0.3) is 0 Å². The van der Waals surface area contributed by atoms with Gasteiger partial charge in [0.2, 0.25) is 5.91 Å². The van der Waals surface area contributed by atoms with Crippen molar-refractivity contribution in [2.75, 3.05) is 25.0 Å². The molecule has 0 radical (unpaired) electrons. The van der Waals surface area contributed by atoms with E-state index in [-0.39, 0.29) is 24.1 Å². The van der Waals surface area contributed by atoms with Gasteiger partial charge < -0.3 is 5.32 Å². The molecular formula is C15H23ClN2O2. The van der Waals surface area contributed by atoms with Crippen molar-refractivity contribution < 1.29 is 9.59 Å². The molecule has 1 aromatic carbocycles. The summed E-state index contributed by atoms with van der Waals surface area (Å²) in [5, 5.41) is 2.86. The van der Waals surface area contributed by atoms with E-state index in [9.17, 15) is 9.59 Å². The van der Waals surface area contributed by atoms with Crippen molar-refractivity contribution in [3.63, 3.8) is 0 Å². The van der Waals surface area contributed by atoms with Gasteiger partial charge in [-0.05, 0) is 38.6 Å². The fourth-order valence-electron chi connectivity index (χ4n) is 1.96. The minimum absolute atomic E-state index is 0. The lowest BCUT2D eigenvalue weighted by Gasteiger charge is -2.18. The summed E-state index contributed by atoms with van der Waals surface area (Å²) in [6, 6.07) is 5.45. The highest BCUT2D eigenvalue weighted by atomic mass is 35.5. The molecule has 0 spiro atoms. The SMILES string of the molecule is CCN(CC)CC(=O)Nc1c(C)cccc1C(C)=O.Cl. The highest BCUT2D eigenvalue weighted by molar-refractivity contribution is 6.04. The number of anilines is 1. The zero-order chi connectivity index (χ0) is 14.4. The number of Topliss-reactive ketones (excluding diaryl/α,β-unsaturated/α-hetero) is 1. The molecule has 0 unspecified atom stereocenters. The summed E-state index contributed by atoms with van der Waals surface area (Å²) < 4.78 is 0. The van der Waals surface area contributed by atoms with Crippen LogP contribution in [0.2, 0.25) is 0 Å². The van der Waals surface area contributed by atoms with Gasteiger partial charge in [-0.3, -0.25) is 14.5 Å². The van der Waals surface area contributed by atoms with E-state index in [0.717, 1.165) is 18.7 Å². The Bertz CT molecular complexity index is 471. The van der Waals surface area contributed by atoms with E-state index in [1.54, 1.807) is 6.07 Å². The van der Waals surface area contributed by atoms with Crippen LogP contribution in [-0.4, -0.2) is 36.2 Å². The zero-order valence-electron chi connectivity index (χ0n) is 12.5. The topological polar surface area (TPSA) is 49.4 Å². The van der Waals surface area contributed by atoms with Crippen molar-refractivity contribution in [1.82, 2.24) is 4.90 Å². The highest BCUT2D eigenvalue weighted by Gasteiger charge is 2.13. The summed E-state index contributed by atoms with van der Waals surface area (Å²) in [6.45, 7) is 9.44. The molecule has 112 valence electrons. The lowest BCUT2D eigenvalue weighted by molar-refractivity contribution is -0.117. The number of aryl methyl sites for hydroxylation is 1. The second-order valence-electron chi connectivity index (χ2n) is 4.56. The third-order valence-corrected chi connectivity index (χ3v) is 3.18. The van der Waals surface area contributed by atoms with Crippen LogP contribution in [0.25, 0.3) is 0 Å². The average Bonchev–Trinajstić information content (AvgIpc) is 2.38. The Hall–Kier alpha value is -1.39. The minimum atomic E-state index is -0.0829. The first-order valence-electron chi connectivity index (χ1n) is 6.62. The van der Waals surface area contributed by atoms with E-state index in [0.29, 0.717) is 17.8 Å². The highest BCUT2D eigenvalue weighted by Crippen LogP contribution is 2.21. The molecule has 0 aromatic heterocycles. The molecule has 1 amide bonds. The van der Waals surface area contributed by atoms with E-state index >= 15 is 0 Å². The Morgan fingerprint density at radius 3 is 2.30 bits per heavy atom. The molecule has 1 rings (SSSR count). The summed E-state index contributed by atoms with van der Waals surface area (Å²) in [5.74, 6) is -0.123. The fourth-order valence-corrected chi connectivity index (χ4v) is 1.96. The van der Waals surface area contributed by atoms with Crippen LogP contribution < -0.4 is 5.32 Å². The number of nitrogens with zero attached hydrogens (tertiary/aromatic N) is 1. The summed E-state index contributed by atoms with van der Waals surface area (Å²) in [4.78, 5) is 25.6. The summed E-state index contributed by atoms with van der Waals surface area (Å²) in [7, 11) is 0. The maximum atomic E-state index is 12.0. The first-order valence-corrected chi connectivity index (χ1v) is 6.62. The van der Waals surface area contributed by atoms with Gasteiger partial charge >= 0.3 is 0 Å². The minimum Gasteiger partial charge on any atom is -0.324 e. The van der Waals surface area contributed by atoms with Crippen LogP contribution in [0, 0.1) is 6.92 Å². The molecule has 0 aliphatic heterocycles. The number of benzene rings is 1. The van der Waals surface area contributed by atoms with Crippen LogP contribution in [0.15, 0.2) is 18.2 Å². The van der Waals surface area contributed by atoms with Gasteiger partial charge in [-0.15, -0.1) is 12.4 Å². The van der Waals surface area contributed by atoms with Gasteiger partial charge in [0.1, 0.15) is 0 Å². The number of rotatable bonds is 6. The van der Waals surface area contributed by atoms with Crippen molar-refractivity contribution in [3.05, 3.63) is 29.3 Å². The molecule has 0 aliphatic carbocycles. The quantitative estimate of drug-likeness (QED) is 0.822. The van der Waals surface area contributed by atoms with E-state index in [2.05, 4.69) is 5.32 Å². The lowest BCUT2D eigenvalue weighted by atomic mass is 10.0. The van der Waals surface area contributed by atoms with E-state index < -0.39 is 0 Å². The van der Waals surface area contributed by atoms with Crippen LogP contribution in [0.5, 0.6) is 0 Å². The van der Waals surface area contributed by atoms with Gasteiger partial charge in [-0.25, -0.2) is 0 Å². The summed E-state index contributed by atoms with van der Waals surface area (Å²) >= 11 is 0. The Kier molecular flexibility index (Phi) is 8.11. The first-order chi connectivity index (χ1) is 8.99. The van der Waals surface area contributed by atoms with E-state index in [1.807, 2.05) is 37.8 Å². The third-order valence-electron chi connectivity index (χ3n) is 3.18. The Morgan fingerprint density at radius 1 is 1.20 bits per heavy atom. The van der Waals surface area contributed by atoms with E-state index in [1.165, 1.54) is 6.92 Å². The van der Waals surface area contributed by atoms with Crippen LogP contribution >= 0.6 is 12.4 Å². The smallest absolute Gasteiger partial charge is 0.238 e. The van der Waals surface area contributed by atoms with Crippen LogP contribution in [0.1, 0.15) is 36.7 Å². The predicted molar refractivity (Wildman–Crippen MR) is 84.8 cm³/mol. The molecular weight excluding hydrogens is 276 g/mol. The molecule has 1 N–H and O–H groups in total. The number of carbonyl (C=O) groups is 2. The van der Waals surface area contributed by atoms with Crippen molar-refractivity contribution in [3.8, 4) is 0 Å². The molecule has 5 heteroatoms. The molecule has 0 saturated carbocycles. The summed E-state index contributed by atoms with van der Waals surface area (Å²) in [5.41, 5.74) is 2.10. The molecule has 0 saturated heterocycles. The van der Waals surface area contributed by atoms with Crippen molar-refractivity contribution in [2.24, 2.45) is 0 Å². The molecule has 0 heterocycles. The third kappa shape index (κ3) is 4.94. The van der Waals surface area contributed by atoms with Gasteiger partial charge in [0.05, 0.1) is 12.2 Å². The normalized spacial score (nSPS) is 10.1. The second-order valence-corrected chi connectivity index (χ2v) is 4.56. The van der Waals surface area contributed by atoms with Crippen molar-refractivity contribution in [2.45, 2.75) is 27.7 Å². The Balaban J connectivity index is 0.00000361. The molecule has 0 atom stereocenters. The maximum absolute atomic E-state index is 12.0. The van der Waals surface area contributed by atoms with Crippen LogP contribution in [-0.2, 0) is 4.79 Å². The van der Waals surface area contributed by atoms with Crippen molar-refractivity contribution >= 4 is 29.8 Å². The number of likely N-dealkylation sites (N-methyl/N-ethyl adjacent to an activating group) is 1. The van der Waals surface area contributed by atoms with E-state index in [4.69, 9.17) is 0 Å². The molecule has 20 heavy (non-hydrogen) atoms. The van der Waals surface area contributed by atoms with Crippen molar-refractivity contribution in [1.29, 1.82) is 0 Å². The average molecular weight is 299 g/mol. The predicted octanol–water partition coefficient (Wildman–Crippen LogP) is 2.90. The molecule has 1 aromatic rings. The second kappa shape index (κ2) is 8.72. The van der Waals surface area contributed by atoms with Crippen LogP contribution in [0.3, 0.4) is 0 Å². The lowest BCUT2D eigenvalue weighted by Crippen LogP contribution is -2.33. The number of carbonyl (C=O) groups excluding carboxylic acids is 2. The standard InChI is InChI=1S/C15H22N2O2.ClH/c1-5-17(6-2)10-14(19)16-15-11(3)8-7-9-13(15)12(4)18;/h7-9H,5-6,10H2,1-4H3,(H,16,19);1H. The molecule has 0 aliphatic rings. The first kappa shape index (κ1) is 18.6. The number of hydrogen-bond acceptors (Lipinski definition) is 3. The van der Waals surface area contributed by atoms with Gasteiger partial charge in [0.15, 0.2) is 5.78 Å². The number of ketones is 1. The maximum Gasteiger partial charge on any atom is 0.238 e. The van der Waals surface area contributed by atoms with Gasteiger partial charge in [-0.2, -0.15) is 0 Å². The van der Waals surface area contributed by atoms with Gasteiger partial charge in [0, 0.05) is 5.56 Å². The number of amides is 1. The monoisotopic (exact) mass is 298 g/mol. The number of nitrogens with one attached hydrogen (secondary N) is 1. The summed E-state index contributed by atoms with van der Waals surface area (Å²) in [6.07, 6.45) is 0. The largest absolute Gasteiger partial charge is 0.324 e. The molecule has 0 fully saturated rings. The molecule has 0 bridgehead atoms. The number of hydrogen-bond donors (Lipinski definition) is 1. The zero-order valence-corrected chi connectivity index (χ0v) is 13.3. The fraction of sp³-hybridized carbons (Fsp3) is 0.467. The van der Waals surface area contributed by atoms with Gasteiger partial charge in [-0.1, -0.05) is 26.0 Å². The van der Waals surface area contributed by atoms with Crippen LogP contribution in [0.4, 0.5) is 5.69 Å². The molecule has 4 nitrogen and oxygen atoms in total. The number of para-hydroxylation sites is 1.